The van der Waals surface area contributed by atoms with E-state index < -0.39 is 5.82 Å². The Kier molecular flexibility index (Phi) is 9.09. The van der Waals surface area contributed by atoms with Gasteiger partial charge < -0.3 is 20.0 Å². The summed E-state index contributed by atoms with van der Waals surface area (Å²) in [6.45, 7) is 5.20. The second-order valence-corrected chi connectivity index (χ2v) is 11.2. The number of nitrogens with zero attached hydrogens (tertiary/aromatic N) is 6. The first kappa shape index (κ1) is 28.8. The molecule has 1 atom stereocenters. The monoisotopic (exact) mass is 561 g/mol. The first-order chi connectivity index (χ1) is 18.5. The molecule has 0 saturated heterocycles. The van der Waals surface area contributed by atoms with Gasteiger partial charge in [0.25, 0.3) is 5.91 Å². The van der Waals surface area contributed by atoms with Crippen LogP contribution in [0.1, 0.15) is 54.9 Å². The normalized spacial score (nSPS) is 19.6. The van der Waals surface area contributed by atoms with Crippen LogP contribution in [0.3, 0.4) is 0 Å². The molecule has 3 heterocycles. The minimum absolute atomic E-state index is 0.0507. The van der Waals surface area contributed by atoms with Gasteiger partial charge in [-0.2, -0.15) is 5.10 Å². The summed E-state index contributed by atoms with van der Waals surface area (Å²) >= 11 is 5.93. The third-order valence-corrected chi connectivity index (χ3v) is 7.62. The molecular weight excluding hydrogens is 525 g/mol. The molecule has 2 aromatic heterocycles. The molecule has 12 heteroatoms. The van der Waals surface area contributed by atoms with Crippen molar-refractivity contribution in [3.63, 3.8) is 0 Å². The van der Waals surface area contributed by atoms with Crippen LogP contribution < -0.4 is 10.2 Å². The summed E-state index contributed by atoms with van der Waals surface area (Å²) in [5.41, 5.74) is 2.12. The van der Waals surface area contributed by atoms with Gasteiger partial charge >= 0.3 is 0 Å². The Bertz CT molecular complexity index is 1230. The number of carbonyl (C=O) groups excluding carboxylic acids is 3. The molecule has 212 valence electrons. The number of carbonyl (C=O) groups is 3. The van der Waals surface area contributed by atoms with Crippen molar-refractivity contribution in [1.82, 2.24) is 29.9 Å². The highest BCUT2D eigenvalue weighted by atomic mass is 35.5. The molecule has 0 spiro atoms. The smallest absolute Gasteiger partial charge is 0.274 e. The predicted octanol–water partition coefficient (Wildman–Crippen LogP) is 2.44. The molecule has 39 heavy (non-hydrogen) atoms. The number of hydrogen-bond acceptors (Lipinski definition) is 6. The van der Waals surface area contributed by atoms with Crippen molar-refractivity contribution in [3.8, 4) is 0 Å². The molecule has 4 rings (SSSR count). The average Bonchev–Trinajstić information content (AvgIpc) is 3.20. The zero-order valence-corrected chi connectivity index (χ0v) is 23.8. The van der Waals surface area contributed by atoms with Crippen LogP contribution >= 0.6 is 11.6 Å². The van der Waals surface area contributed by atoms with E-state index in [0.29, 0.717) is 50.5 Å². The molecule has 3 amide bonds. The molecule has 10 nitrogen and oxygen atoms in total. The summed E-state index contributed by atoms with van der Waals surface area (Å²) in [6, 6.07) is 1.05. The second kappa shape index (κ2) is 12.3. The number of likely N-dealkylation sites (N-methyl/N-ethyl adjacent to an activating group) is 1. The van der Waals surface area contributed by atoms with Crippen molar-refractivity contribution < 1.29 is 18.8 Å². The van der Waals surface area contributed by atoms with Crippen molar-refractivity contribution >= 4 is 35.1 Å². The predicted molar refractivity (Wildman–Crippen MR) is 146 cm³/mol. The lowest BCUT2D eigenvalue weighted by molar-refractivity contribution is -0.132. The van der Waals surface area contributed by atoms with Crippen LogP contribution in [-0.2, 0) is 29.5 Å². The molecule has 0 saturated carbocycles. The first-order valence-electron chi connectivity index (χ1n) is 13.5. The van der Waals surface area contributed by atoms with Gasteiger partial charge in [0.05, 0.1) is 18.1 Å². The van der Waals surface area contributed by atoms with Crippen molar-refractivity contribution in [2.75, 3.05) is 44.7 Å². The maximum absolute atomic E-state index is 14.9. The van der Waals surface area contributed by atoms with Crippen molar-refractivity contribution in [2.45, 2.75) is 52.0 Å². The summed E-state index contributed by atoms with van der Waals surface area (Å²) in [4.78, 5) is 48.8. The van der Waals surface area contributed by atoms with Crippen LogP contribution in [0.4, 0.5) is 10.2 Å². The molecule has 2 bridgehead atoms. The maximum Gasteiger partial charge on any atom is 0.274 e. The van der Waals surface area contributed by atoms with Gasteiger partial charge in [-0.15, -0.1) is 0 Å². The Morgan fingerprint density at radius 1 is 1.21 bits per heavy atom. The Morgan fingerprint density at radius 2 is 1.97 bits per heavy atom. The Hall–Kier alpha value is -3.21. The molecule has 1 unspecified atom stereocenters. The molecule has 1 aliphatic heterocycles. The lowest BCUT2D eigenvalue weighted by Gasteiger charge is -2.37. The topological polar surface area (TPSA) is 104 Å². The number of aryl methyl sites for hydroxylation is 1. The fourth-order valence-electron chi connectivity index (χ4n) is 5.29. The molecule has 0 aromatic carbocycles. The van der Waals surface area contributed by atoms with E-state index in [-0.39, 0.29) is 47.7 Å². The number of aromatic nitrogens is 3. The van der Waals surface area contributed by atoms with Crippen molar-refractivity contribution in [1.29, 1.82) is 0 Å². The number of pyridine rings is 1. The molecular formula is C27H37ClFN7O3. The van der Waals surface area contributed by atoms with Gasteiger partial charge in [-0.3, -0.25) is 19.1 Å². The molecule has 1 N–H and O–H groups in total. The molecule has 0 radical (unpaired) electrons. The Morgan fingerprint density at radius 3 is 2.69 bits per heavy atom. The van der Waals surface area contributed by atoms with Crippen LogP contribution in [0.2, 0.25) is 5.02 Å². The van der Waals surface area contributed by atoms with E-state index in [2.05, 4.69) is 29.2 Å². The van der Waals surface area contributed by atoms with E-state index in [1.54, 1.807) is 16.6 Å². The number of amides is 3. The third-order valence-electron chi connectivity index (χ3n) is 7.41. The zero-order valence-electron chi connectivity index (χ0n) is 23.0. The summed E-state index contributed by atoms with van der Waals surface area (Å²) in [7, 11) is 3.40. The van der Waals surface area contributed by atoms with Crippen LogP contribution in [0.5, 0.6) is 0 Å². The summed E-state index contributed by atoms with van der Waals surface area (Å²) in [5.74, 6) is -0.925. The number of nitrogens with one attached hydrogen (secondary N) is 1. The minimum atomic E-state index is -0.607. The number of anilines is 1. The minimum Gasteiger partial charge on any atom is -0.354 e. The molecule has 0 fully saturated rings. The highest BCUT2D eigenvalue weighted by Gasteiger charge is 2.35. The lowest BCUT2D eigenvalue weighted by atomic mass is 9.89. The standard InChI is InChI=1S/C27H37ClFN7O3/c1-17(2)8-11-36-19-6-7-22-20(13-19)25(32-34(22)4)27(39)33(3)15-23(37)30-9-5-10-35(16-24(36)38)26-21(29)12-18(28)14-31-26/h12,14,17,19H,5-11,13,15-16H2,1-4H3,(H,30,37). The van der Waals surface area contributed by atoms with Gasteiger partial charge in [0.2, 0.25) is 11.8 Å². The third kappa shape index (κ3) is 6.69. The lowest BCUT2D eigenvalue weighted by Crippen LogP contribution is -2.49. The van der Waals surface area contributed by atoms with Crippen LogP contribution in [-0.4, -0.2) is 88.1 Å². The van der Waals surface area contributed by atoms with E-state index >= 15 is 0 Å². The summed E-state index contributed by atoms with van der Waals surface area (Å²) in [6.07, 6.45) is 4.52. The fraction of sp³-hybridized carbons (Fsp3) is 0.593. The molecule has 2 aliphatic rings. The first-order valence-corrected chi connectivity index (χ1v) is 13.8. The summed E-state index contributed by atoms with van der Waals surface area (Å²) in [5, 5.41) is 7.50. The van der Waals surface area contributed by atoms with Crippen molar-refractivity contribution in [2.24, 2.45) is 13.0 Å². The van der Waals surface area contributed by atoms with Crippen LogP contribution in [0.25, 0.3) is 0 Å². The average molecular weight is 562 g/mol. The van der Waals surface area contributed by atoms with E-state index in [0.717, 1.165) is 24.1 Å². The van der Waals surface area contributed by atoms with Gasteiger partial charge in [-0.05, 0) is 44.1 Å². The van der Waals surface area contributed by atoms with Crippen LogP contribution in [0.15, 0.2) is 12.3 Å². The van der Waals surface area contributed by atoms with Crippen LogP contribution in [0, 0.1) is 11.7 Å². The van der Waals surface area contributed by atoms with Crippen molar-refractivity contribution in [3.05, 3.63) is 40.1 Å². The van der Waals surface area contributed by atoms with Gasteiger partial charge in [0.1, 0.15) is 0 Å². The largest absolute Gasteiger partial charge is 0.354 e. The zero-order chi connectivity index (χ0) is 28.3. The number of fused-ring (bicyclic) bond motifs is 1. The molecule has 2 aromatic rings. The second-order valence-electron chi connectivity index (χ2n) is 10.8. The van der Waals surface area contributed by atoms with Gasteiger partial charge in [-0.1, -0.05) is 25.4 Å². The summed E-state index contributed by atoms with van der Waals surface area (Å²) < 4.78 is 16.7. The van der Waals surface area contributed by atoms with E-state index in [9.17, 15) is 18.8 Å². The van der Waals surface area contributed by atoms with E-state index in [1.165, 1.54) is 17.2 Å². The van der Waals surface area contributed by atoms with Gasteiger partial charge in [0.15, 0.2) is 17.3 Å². The highest BCUT2D eigenvalue weighted by Crippen LogP contribution is 2.29. The maximum atomic E-state index is 14.9. The number of rotatable bonds is 4. The Labute approximate surface area is 233 Å². The Balaban J connectivity index is 1.71. The SMILES string of the molecule is CC(C)CCN1C(=O)CN(c2ncc(Cl)cc2F)CCCNC(=O)CN(C)C(=O)c2nn(C)c3c2CC1CC3. The fourth-order valence-corrected chi connectivity index (χ4v) is 5.44. The number of hydrogen-bond donors (Lipinski definition) is 1. The van der Waals surface area contributed by atoms with Gasteiger partial charge in [0, 0.05) is 57.2 Å². The van der Waals surface area contributed by atoms with E-state index in [1.807, 2.05) is 11.9 Å². The van der Waals surface area contributed by atoms with Gasteiger partial charge in [-0.25, -0.2) is 9.37 Å². The quantitative estimate of drug-likeness (QED) is 0.615. The number of halogens is 2. The van der Waals surface area contributed by atoms with E-state index in [4.69, 9.17) is 11.6 Å². The highest BCUT2D eigenvalue weighted by molar-refractivity contribution is 6.30. The molecule has 1 aliphatic carbocycles.